The van der Waals surface area contributed by atoms with E-state index in [0.717, 1.165) is 50.2 Å². The lowest BCUT2D eigenvalue weighted by molar-refractivity contribution is -0.133. The fraction of sp³-hybridized carbons (Fsp3) is 0.609. The van der Waals surface area contributed by atoms with Gasteiger partial charge >= 0.3 is 6.03 Å². The molecule has 1 N–H and O–H groups in total. The summed E-state index contributed by atoms with van der Waals surface area (Å²) in [5, 5.41) is 2.88. The molecule has 1 spiro atoms. The molecule has 2 aliphatic heterocycles. The number of fused-ring (bicyclic) bond motifs is 1. The van der Waals surface area contributed by atoms with Crippen molar-refractivity contribution in [2.45, 2.75) is 57.1 Å². The number of para-hydroxylation sites is 2. The monoisotopic (exact) mass is 428 g/mol. The Bertz CT molecular complexity index is 852. The van der Waals surface area contributed by atoms with Gasteiger partial charge in [0.1, 0.15) is 17.4 Å². The summed E-state index contributed by atoms with van der Waals surface area (Å²) in [6.45, 7) is 4.50. The number of carbonyl (C=O) groups excluding carboxylic acids is 3. The Balaban J connectivity index is 1.26. The molecule has 2 fully saturated rings. The van der Waals surface area contributed by atoms with Crippen LogP contribution < -0.4 is 15.0 Å². The van der Waals surface area contributed by atoms with Crippen LogP contribution in [0.25, 0.3) is 0 Å². The molecule has 0 bridgehead atoms. The first-order valence-corrected chi connectivity index (χ1v) is 11.3. The van der Waals surface area contributed by atoms with E-state index >= 15 is 0 Å². The van der Waals surface area contributed by atoms with Gasteiger partial charge in [0.2, 0.25) is 5.91 Å². The zero-order valence-electron chi connectivity index (χ0n) is 18.4. The van der Waals surface area contributed by atoms with E-state index < -0.39 is 5.54 Å². The van der Waals surface area contributed by atoms with Crippen LogP contribution in [0.15, 0.2) is 24.3 Å². The summed E-state index contributed by atoms with van der Waals surface area (Å²) in [6.07, 6.45) is 4.02. The first-order chi connectivity index (χ1) is 14.9. The highest BCUT2D eigenvalue weighted by molar-refractivity contribution is 6.07. The van der Waals surface area contributed by atoms with Crippen molar-refractivity contribution in [1.29, 1.82) is 0 Å². The summed E-state index contributed by atoms with van der Waals surface area (Å²) >= 11 is 0. The average molecular weight is 429 g/mol. The Labute approximate surface area is 183 Å². The van der Waals surface area contributed by atoms with Crippen molar-refractivity contribution in [3.05, 3.63) is 24.3 Å². The van der Waals surface area contributed by atoms with E-state index in [4.69, 9.17) is 4.74 Å². The standard InChI is InChI=1S/C23H32N4O4/c1-3-26-16-17(31-19-10-5-4-9-18(19)26)15-25(2)20(28)11-8-14-27-21(29)23(24-22(27)30)12-6-7-13-23/h4-5,9-10,17H,3,6-8,11-16H2,1-2H3,(H,24,30)/t17-/m1/s1. The molecule has 0 unspecified atom stereocenters. The second-order valence-electron chi connectivity index (χ2n) is 8.80. The highest BCUT2D eigenvalue weighted by atomic mass is 16.5. The summed E-state index contributed by atoms with van der Waals surface area (Å²) in [7, 11) is 1.78. The predicted octanol–water partition coefficient (Wildman–Crippen LogP) is 2.38. The minimum absolute atomic E-state index is 0.00635. The van der Waals surface area contributed by atoms with Gasteiger partial charge < -0.3 is 19.9 Å². The number of hydrogen-bond acceptors (Lipinski definition) is 5. The van der Waals surface area contributed by atoms with Crippen molar-refractivity contribution in [3.63, 3.8) is 0 Å². The van der Waals surface area contributed by atoms with Gasteiger partial charge in [-0.25, -0.2) is 4.79 Å². The average Bonchev–Trinajstić information content (AvgIpc) is 3.33. The van der Waals surface area contributed by atoms with E-state index in [9.17, 15) is 14.4 Å². The molecular formula is C23H32N4O4. The van der Waals surface area contributed by atoms with Gasteiger partial charge in [0.15, 0.2) is 0 Å². The van der Waals surface area contributed by atoms with Gasteiger partial charge in [-0.3, -0.25) is 14.5 Å². The molecule has 2 heterocycles. The van der Waals surface area contributed by atoms with Gasteiger partial charge in [-0.05, 0) is 38.3 Å². The molecule has 1 atom stereocenters. The lowest BCUT2D eigenvalue weighted by Crippen LogP contribution is -2.47. The lowest BCUT2D eigenvalue weighted by atomic mass is 9.98. The molecule has 0 aromatic heterocycles. The van der Waals surface area contributed by atoms with E-state index in [-0.39, 0.29) is 30.5 Å². The normalized spacial score (nSPS) is 21.8. The third-order valence-corrected chi connectivity index (χ3v) is 6.68. The van der Waals surface area contributed by atoms with Crippen molar-refractivity contribution in [3.8, 4) is 5.75 Å². The van der Waals surface area contributed by atoms with Gasteiger partial charge in [-0.15, -0.1) is 0 Å². The Hall–Kier alpha value is -2.77. The molecule has 4 rings (SSSR count). The van der Waals surface area contributed by atoms with Crippen molar-refractivity contribution in [2.24, 2.45) is 0 Å². The lowest BCUT2D eigenvalue weighted by Gasteiger charge is -2.37. The number of amides is 4. The molecule has 3 aliphatic rings. The number of likely N-dealkylation sites (N-methyl/N-ethyl adjacent to an activating group) is 2. The number of ether oxygens (including phenoxy) is 1. The molecule has 4 amide bonds. The largest absolute Gasteiger partial charge is 0.485 e. The summed E-state index contributed by atoms with van der Waals surface area (Å²) in [5.41, 5.74) is 0.404. The zero-order chi connectivity index (χ0) is 22.0. The minimum Gasteiger partial charge on any atom is -0.485 e. The zero-order valence-corrected chi connectivity index (χ0v) is 18.4. The molecular weight excluding hydrogens is 396 g/mol. The molecule has 1 aromatic carbocycles. The highest BCUT2D eigenvalue weighted by Crippen LogP contribution is 2.35. The molecule has 1 aliphatic carbocycles. The van der Waals surface area contributed by atoms with Crippen LogP contribution in [-0.4, -0.2) is 72.5 Å². The first kappa shape index (κ1) is 21.5. The number of rotatable bonds is 7. The summed E-state index contributed by atoms with van der Waals surface area (Å²) in [4.78, 5) is 42.9. The number of urea groups is 1. The fourth-order valence-electron chi connectivity index (χ4n) is 4.96. The van der Waals surface area contributed by atoms with E-state index in [1.54, 1.807) is 11.9 Å². The van der Waals surface area contributed by atoms with Gasteiger partial charge in [-0.1, -0.05) is 25.0 Å². The van der Waals surface area contributed by atoms with Crippen LogP contribution in [-0.2, 0) is 9.59 Å². The SMILES string of the molecule is CCN1C[C@@H](CN(C)C(=O)CCCN2C(=O)NC3(CCCC3)C2=O)Oc2ccccc21. The topological polar surface area (TPSA) is 82.2 Å². The minimum atomic E-state index is -0.683. The van der Waals surface area contributed by atoms with Crippen LogP contribution in [0.5, 0.6) is 5.75 Å². The summed E-state index contributed by atoms with van der Waals surface area (Å²) < 4.78 is 6.11. The van der Waals surface area contributed by atoms with E-state index in [1.165, 1.54) is 4.90 Å². The Morgan fingerprint density at radius 1 is 1.26 bits per heavy atom. The number of nitrogens with one attached hydrogen (secondary N) is 1. The van der Waals surface area contributed by atoms with Gasteiger partial charge in [0.25, 0.3) is 5.91 Å². The maximum atomic E-state index is 12.7. The van der Waals surface area contributed by atoms with Gasteiger partial charge in [-0.2, -0.15) is 0 Å². The van der Waals surface area contributed by atoms with Crippen LogP contribution in [0.3, 0.4) is 0 Å². The number of carbonyl (C=O) groups is 3. The molecule has 168 valence electrons. The van der Waals surface area contributed by atoms with E-state index in [1.807, 2.05) is 18.2 Å². The smallest absolute Gasteiger partial charge is 0.325 e. The second kappa shape index (κ2) is 8.77. The summed E-state index contributed by atoms with van der Waals surface area (Å²) in [6, 6.07) is 7.65. The molecule has 8 heteroatoms. The number of benzene rings is 1. The van der Waals surface area contributed by atoms with Crippen molar-refractivity contribution >= 4 is 23.5 Å². The molecule has 0 radical (unpaired) electrons. The second-order valence-corrected chi connectivity index (χ2v) is 8.80. The van der Waals surface area contributed by atoms with Crippen molar-refractivity contribution < 1.29 is 19.1 Å². The third-order valence-electron chi connectivity index (χ3n) is 6.68. The molecule has 1 saturated heterocycles. The van der Waals surface area contributed by atoms with Crippen LogP contribution in [0.2, 0.25) is 0 Å². The Morgan fingerprint density at radius 2 is 2.00 bits per heavy atom. The number of anilines is 1. The maximum Gasteiger partial charge on any atom is 0.325 e. The van der Waals surface area contributed by atoms with Crippen molar-refractivity contribution in [1.82, 2.24) is 15.1 Å². The Kier molecular flexibility index (Phi) is 6.07. The Morgan fingerprint density at radius 3 is 2.74 bits per heavy atom. The number of nitrogens with zero attached hydrogens (tertiary/aromatic N) is 3. The van der Waals surface area contributed by atoms with E-state index in [0.29, 0.717) is 19.4 Å². The van der Waals surface area contributed by atoms with Gasteiger partial charge in [0, 0.05) is 26.6 Å². The van der Waals surface area contributed by atoms with Crippen LogP contribution >= 0.6 is 0 Å². The third kappa shape index (κ3) is 4.20. The first-order valence-electron chi connectivity index (χ1n) is 11.3. The maximum absolute atomic E-state index is 12.7. The quantitative estimate of drug-likeness (QED) is 0.675. The fourth-order valence-corrected chi connectivity index (χ4v) is 4.96. The van der Waals surface area contributed by atoms with Crippen LogP contribution in [0, 0.1) is 0 Å². The number of imide groups is 1. The molecule has 1 aromatic rings. The predicted molar refractivity (Wildman–Crippen MR) is 117 cm³/mol. The summed E-state index contributed by atoms with van der Waals surface area (Å²) in [5.74, 6) is 0.721. The van der Waals surface area contributed by atoms with Crippen LogP contribution in [0.4, 0.5) is 10.5 Å². The van der Waals surface area contributed by atoms with Crippen LogP contribution in [0.1, 0.15) is 45.4 Å². The molecule has 1 saturated carbocycles. The molecule has 8 nitrogen and oxygen atoms in total. The van der Waals surface area contributed by atoms with Gasteiger partial charge in [0.05, 0.1) is 18.8 Å². The number of hydrogen-bond donors (Lipinski definition) is 1. The van der Waals surface area contributed by atoms with Crippen molar-refractivity contribution in [2.75, 3.05) is 38.1 Å². The highest BCUT2D eigenvalue weighted by Gasteiger charge is 2.52. The molecule has 31 heavy (non-hydrogen) atoms. The van der Waals surface area contributed by atoms with E-state index in [2.05, 4.69) is 23.2 Å².